The van der Waals surface area contributed by atoms with Gasteiger partial charge in [-0.1, -0.05) is 29.8 Å². The second kappa shape index (κ2) is 5.74. The lowest BCUT2D eigenvalue weighted by Crippen LogP contribution is -2.20. The predicted octanol–water partition coefficient (Wildman–Crippen LogP) is 3.68. The average Bonchev–Trinajstić information content (AvgIpc) is 2.41. The van der Waals surface area contributed by atoms with E-state index in [9.17, 15) is 14.3 Å². The van der Waals surface area contributed by atoms with Gasteiger partial charge in [-0.3, -0.25) is 0 Å². The van der Waals surface area contributed by atoms with E-state index in [2.05, 4.69) is 5.32 Å². The summed E-state index contributed by atoms with van der Waals surface area (Å²) in [6.07, 6.45) is 0. The second-order valence-electron chi connectivity index (χ2n) is 4.79. The van der Waals surface area contributed by atoms with Crippen molar-refractivity contribution in [3.8, 4) is 0 Å². The van der Waals surface area contributed by atoms with Crippen LogP contribution in [0.2, 0.25) is 0 Å². The average molecular weight is 273 g/mol. The van der Waals surface area contributed by atoms with E-state index in [0.29, 0.717) is 16.8 Å². The maximum atomic E-state index is 13.3. The number of hydrogen-bond acceptors (Lipinski definition) is 2. The van der Waals surface area contributed by atoms with Crippen LogP contribution in [-0.4, -0.2) is 11.1 Å². The molecule has 1 atom stereocenters. The van der Waals surface area contributed by atoms with Gasteiger partial charge in [0.05, 0.1) is 0 Å². The summed E-state index contributed by atoms with van der Waals surface area (Å²) in [6.45, 7) is 3.57. The Morgan fingerprint density at radius 3 is 2.35 bits per heavy atom. The molecule has 0 radical (unpaired) electrons. The van der Waals surface area contributed by atoms with Gasteiger partial charge >= 0.3 is 5.97 Å². The van der Waals surface area contributed by atoms with Crippen LogP contribution in [-0.2, 0) is 4.79 Å². The van der Waals surface area contributed by atoms with Crippen molar-refractivity contribution in [1.82, 2.24) is 0 Å². The number of halogens is 1. The third-order valence-corrected chi connectivity index (χ3v) is 3.12. The zero-order valence-electron chi connectivity index (χ0n) is 11.4. The number of rotatable bonds is 4. The number of anilines is 1. The molecule has 3 nitrogen and oxygen atoms in total. The fourth-order valence-corrected chi connectivity index (χ4v) is 1.95. The van der Waals surface area contributed by atoms with Crippen molar-refractivity contribution in [2.24, 2.45) is 0 Å². The van der Waals surface area contributed by atoms with E-state index in [-0.39, 0.29) is 5.82 Å². The lowest BCUT2D eigenvalue weighted by Gasteiger charge is -2.17. The van der Waals surface area contributed by atoms with Crippen molar-refractivity contribution in [2.45, 2.75) is 19.9 Å². The molecule has 0 saturated heterocycles. The molecular weight excluding hydrogens is 257 g/mol. The molecular formula is C16H16FNO2. The van der Waals surface area contributed by atoms with Gasteiger partial charge < -0.3 is 10.4 Å². The zero-order chi connectivity index (χ0) is 14.7. The molecule has 0 aliphatic carbocycles. The Kier molecular flexibility index (Phi) is 4.03. The second-order valence-corrected chi connectivity index (χ2v) is 4.79. The molecule has 0 fully saturated rings. The van der Waals surface area contributed by atoms with Gasteiger partial charge in [0.1, 0.15) is 5.82 Å². The molecule has 2 aromatic rings. The van der Waals surface area contributed by atoms with Crippen LogP contribution < -0.4 is 5.32 Å². The molecule has 0 aliphatic rings. The van der Waals surface area contributed by atoms with E-state index in [1.54, 1.807) is 13.0 Å². The van der Waals surface area contributed by atoms with Gasteiger partial charge in [0.2, 0.25) is 0 Å². The molecule has 1 unspecified atom stereocenters. The lowest BCUT2D eigenvalue weighted by molar-refractivity contribution is -0.138. The standard InChI is InChI=1S/C16H16FNO2/c1-10-3-6-13(7-4-10)18-15(16(19)20)12-5-8-14(17)11(2)9-12/h3-9,15,18H,1-2H3,(H,19,20). The quantitative estimate of drug-likeness (QED) is 0.893. The first-order chi connectivity index (χ1) is 9.47. The van der Waals surface area contributed by atoms with Crippen LogP contribution in [0.3, 0.4) is 0 Å². The van der Waals surface area contributed by atoms with Gasteiger partial charge in [-0.2, -0.15) is 0 Å². The fourth-order valence-electron chi connectivity index (χ4n) is 1.95. The monoisotopic (exact) mass is 273 g/mol. The first-order valence-electron chi connectivity index (χ1n) is 6.29. The smallest absolute Gasteiger partial charge is 0.330 e. The Labute approximate surface area is 117 Å². The Morgan fingerprint density at radius 1 is 1.15 bits per heavy atom. The van der Waals surface area contributed by atoms with Gasteiger partial charge in [0.25, 0.3) is 0 Å². The van der Waals surface area contributed by atoms with E-state index < -0.39 is 12.0 Å². The minimum Gasteiger partial charge on any atom is -0.479 e. The highest BCUT2D eigenvalue weighted by molar-refractivity contribution is 5.79. The molecule has 0 heterocycles. The SMILES string of the molecule is Cc1ccc(NC(C(=O)O)c2ccc(F)c(C)c2)cc1. The van der Waals surface area contributed by atoms with Gasteiger partial charge in [0, 0.05) is 5.69 Å². The molecule has 0 bridgehead atoms. The molecule has 4 heteroatoms. The summed E-state index contributed by atoms with van der Waals surface area (Å²) in [7, 11) is 0. The summed E-state index contributed by atoms with van der Waals surface area (Å²) >= 11 is 0. The Morgan fingerprint density at radius 2 is 1.80 bits per heavy atom. The van der Waals surface area contributed by atoms with Crippen molar-refractivity contribution < 1.29 is 14.3 Å². The number of carbonyl (C=O) groups is 1. The van der Waals surface area contributed by atoms with Crippen LogP contribution in [0.25, 0.3) is 0 Å². The third-order valence-electron chi connectivity index (χ3n) is 3.12. The third kappa shape index (κ3) is 3.15. The van der Waals surface area contributed by atoms with Crippen molar-refractivity contribution in [1.29, 1.82) is 0 Å². The first kappa shape index (κ1) is 14.1. The highest BCUT2D eigenvalue weighted by Crippen LogP contribution is 2.22. The van der Waals surface area contributed by atoms with Gasteiger partial charge in [0.15, 0.2) is 6.04 Å². The highest BCUT2D eigenvalue weighted by Gasteiger charge is 2.20. The number of hydrogen-bond donors (Lipinski definition) is 2. The zero-order valence-corrected chi connectivity index (χ0v) is 11.4. The summed E-state index contributed by atoms with van der Waals surface area (Å²) < 4.78 is 13.3. The van der Waals surface area contributed by atoms with E-state index in [1.165, 1.54) is 12.1 Å². The molecule has 0 amide bonds. The molecule has 20 heavy (non-hydrogen) atoms. The topological polar surface area (TPSA) is 49.3 Å². The molecule has 2 aromatic carbocycles. The molecule has 0 saturated carbocycles. The van der Waals surface area contributed by atoms with Crippen molar-refractivity contribution in [3.05, 3.63) is 65.0 Å². The maximum absolute atomic E-state index is 13.3. The number of nitrogens with one attached hydrogen (secondary N) is 1. The van der Waals surface area contributed by atoms with Crippen LogP contribution in [0, 0.1) is 19.7 Å². The summed E-state index contributed by atoms with van der Waals surface area (Å²) in [4.78, 5) is 11.4. The lowest BCUT2D eigenvalue weighted by atomic mass is 10.0. The van der Waals surface area contributed by atoms with E-state index in [0.717, 1.165) is 5.56 Å². The molecule has 104 valence electrons. The Bertz CT molecular complexity index is 623. The number of benzene rings is 2. The largest absolute Gasteiger partial charge is 0.479 e. The molecule has 0 aliphatic heterocycles. The fraction of sp³-hybridized carbons (Fsp3) is 0.188. The van der Waals surface area contributed by atoms with Crippen LogP contribution in [0.1, 0.15) is 22.7 Å². The molecule has 2 rings (SSSR count). The van der Waals surface area contributed by atoms with Crippen LogP contribution in [0.4, 0.5) is 10.1 Å². The summed E-state index contributed by atoms with van der Waals surface area (Å²) in [6, 6.07) is 10.9. The van der Waals surface area contributed by atoms with Crippen LogP contribution >= 0.6 is 0 Å². The normalized spacial score (nSPS) is 11.9. The number of carboxylic acid groups (broad SMARTS) is 1. The molecule has 2 N–H and O–H groups in total. The van der Waals surface area contributed by atoms with Gasteiger partial charge in [-0.15, -0.1) is 0 Å². The molecule has 0 aromatic heterocycles. The minimum atomic E-state index is -1.00. The predicted molar refractivity (Wildman–Crippen MR) is 76.3 cm³/mol. The van der Waals surface area contributed by atoms with Crippen LogP contribution in [0.5, 0.6) is 0 Å². The van der Waals surface area contributed by atoms with Gasteiger partial charge in [-0.05, 0) is 43.2 Å². The van der Waals surface area contributed by atoms with Crippen molar-refractivity contribution >= 4 is 11.7 Å². The summed E-state index contributed by atoms with van der Waals surface area (Å²) in [5.41, 5.74) is 2.77. The number of carboxylic acids is 1. The maximum Gasteiger partial charge on any atom is 0.330 e. The molecule has 0 spiro atoms. The van der Waals surface area contributed by atoms with E-state index in [4.69, 9.17) is 0 Å². The van der Waals surface area contributed by atoms with Crippen molar-refractivity contribution in [2.75, 3.05) is 5.32 Å². The Balaban J connectivity index is 2.29. The minimum absolute atomic E-state index is 0.340. The number of aryl methyl sites for hydroxylation is 2. The van der Waals surface area contributed by atoms with E-state index >= 15 is 0 Å². The number of aliphatic carboxylic acids is 1. The summed E-state index contributed by atoms with van der Waals surface area (Å²) in [5.74, 6) is -1.34. The van der Waals surface area contributed by atoms with Crippen LogP contribution in [0.15, 0.2) is 42.5 Å². The Hall–Kier alpha value is -2.36. The highest BCUT2D eigenvalue weighted by atomic mass is 19.1. The first-order valence-corrected chi connectivity index (χ1v) is 6.29. The summed E-state index contributed by atoms with van der Waals surface area (Å²) in [5, 5.41) is 12.3. The van der Waals surface area contributed by atoms with Crippen molar-refractivity contribution in [3.63, 3.8) is 0 Å². The van der Waals surface area contributed by atoms with E-state index in [1.807, 2.05) is 31.2 Å². The van der Waals surface area contributed by atoms with Gasteiger partial charge in [-0.25, -0.2) is 9.18 Å².